The van der Waals surface area contributed by atoms with E-state index in [9.17, 15) is 35.9 Å². The summed E-state index contributed by atoms with van der Waals surface area (Å²) in [4.78, 5) is 30.2. The van der Waals surface area contributed by atoms with Gasteiger partial charge < -0.3 is 9.84 Å². The number of fused-ring (bicyclic) bond motifs is 1. The number of aromatic carboxylic acids is 1. The Morgan fingerprint density at radius 1 is 1.03 bits per heavy atom. The van der Waals surface area contributed by atoms with E-state index in [1.54, 1.807) is 0 Å². The first-order valence-corrected chi connectivity index (χ1v) is 9.99. The molecule has 0 fully saturated rings. The number of carboxylic acid groups (broad SMARTS) is 1. The zero-order valence-electron chi connectivity index (χ0n) is 17.8. The quantitative estimate of drug-likeness (QED) is 0.284. The van der Waals surface area contributed by atoms with Gasteiger partial charge >= 0.3 is 18.3 Å². The Bertz CT molecular complexity index is 1450. The minimum Gasteiger partial charge on any atom is -0.493 e. The van der Waals surface area contributed by atoms with Crippen molar-refractivity contribution >= 4 is 17.0 Å². The first-order valence-electron chi connectivity index (χ1n) is 9.99. The van der Waals surface area contributed by atoms with Gasteiger partial charge in [0.05, 0.1) is 35.7 Å². The average Bonchev–Trinajstić information content (AvgIpc) is 3.43. The summed E-state index contributed by atoms with van der Waals surface area (Å²) in [7, 11) is 0. The summed E-state index contributed by atoms with van der Waals surface area (Å²) >= 11 is 0. The van der Waals surface area contributed by atoms with Crippen LogP contribution in [-0.2, 0) is 18.9 Å². The summed E-state index contributed by atoms with van der Waals surface area (Å²) in [6.45, 7) is -0.238. The molecule has 4 rings (SSSR count). The number of rotatable bonds is 7. The number of aryl methyl sites for hydroxylation is 1. The van der Waals surface area contributed by atoms with Crippen LogP contribution < -0.4 is 10.3 Å². The minimum atomic E-state index is -4.99. The van der Waals surface area contributed by atoms with Crippen LogP contribution in [0.25, 0.3) is 17.0 Å². The fraction of sp³-hybridized carbons (Fsp3) is 0.250. The maximum Gasteiger partial charge on any atom is 0.416 e. The van der Waals surface area contributed by atoms with Crippen LogP contribution in [0, 0.1) is 0 Å². The van der Waals surface area contributed by atoms with Gasteiger partial charge in [-0.2, -0.15) is 36.5 Å². The number of halogens is 6. The second-order valence-electron chi connectivity index (χ2n) is 7.41. The molecular formula is C20H14F6N6O4. The first-order chi connectivity index (χ1) is 16.8. The number of carboxylic acids is 1. The molecule has 3 aromatic heterocycles. The van der Waals surface area contributed by atoms with Crippen LogP contribution in [0.1, 0.15) is 27.9 Å². The summed E-state index contributed by atoms with van der Waals surface area (Å²) in [6.07, 6.45) is -6.43. The molecule has 0 radical (unpaired) electrons. The van der Waals surface area contributed by atoms with Crippen LogP contribution in [0.15, 0.2) is 41.6 Å². The van der Waals surface area contributed by atoms with Gasteiger partial charge in [0.15, 0.2) is 5.52 Å². The highest BCUT2D eigenvalue weighted by Crippen LogP contribution is 2.38. The van der Waals surface area contributed by atoms with E-state index in [0.29, 0.717) is 12.1 Å². The smallest absolute Gasteiger partial charge is 0.416 e. The fourth-order valence-electron chi connectivity index (χ4n) is 3.23. The lowest BCUT2D eigenvalue weighted by molar-refractivity contribution is -0.143. The summed E-state index contributed by atoms with van der Waals surface area (Å²) < 4.78 is 85.2. The molecule has 0 unspecified atom stereocenters. The van der Waals surface area contributed by atoms with Gasteiger partial charge in [-0.15, -0.1) is 0 Å². The predicted molar refractivity (Wildman–Crippen MR) is 109 cm³/mol. The van der Waals surface area contributed by atoms with Crippen molar-refractivity contribution in [3.63, 3.8) is 0 Å². The molecule has 0 aliphatic rings. The Labute approximate surface area is 195 Å². The molecule has 36 heavy (non-hydrogen) atoms. The standard InChI is InChI=1S/C20H14F6N6O4/c21-19(22,23)11-4-12(20(24,25)26)6-13(5-11)36-3-1-2-31-15-14(8-28-31)29-18(30-16(15)33)32-9-10(7-27-32)17(34)35/h4-9H,1-3H2,(H,34,35)(H,29,30,33). The number of benzene rings is 1. The molecule has 10 nitrogen and oxygen atoms in total. The highest BCUT2D eigenvalue weighted by Gasteiger charge is 2.37. The number of hydrogen-bond donors (Lipinski definition) is 2. The lowest BCUT2D eigenvalue weighted by Crippen LogP contribution is -2.17. The largest absolute Gasteiger partial charge is 0.493 e. The summed E-state index contributed by atoms with van der Waals surface area (Å²) in [5.74, 6) is -1.89. The number of aromatic nitrogens is 6. The van der Waals surface area contributed by atoms with Crippen LogP contribution in [0.5, 0.6) is 5.75 Å². The SMILES string of the molecule is O=C(O)c1cnn(-c2nc3cnn(CCCOc4cc(C(F)(F)F)cc(C(F)(F)F)c4)c3c(=O)[nH]2)c1. The molecule has 0 saturated heterocycles. The van der Waals surface area contributed by atoms with Crippen LogP contribution in [0.4, 0.5) is 26.3 Å². The third-order valence-corrected chi connectivity index (χ3v) is 4.88. The lowest BCUT2D eigenvalue weighted by Gasteiger charge is -2.15. The maximum absolute atomic E-state index is 13.0. The molecule has 0 spiro atoms. The number of aromatic amines is 1. The highest BCUT2D eigenvalue weighted by molar-refractivity contribution is 5.87. The van der Waals surface area contributed by atoms with Crippen molar-refractivity contribution in [2.45, 2.75) is 25.3 Å². The highest BCUT2D eigenvalue weighted by atomic mass is 19.4. The molecule has 0 saturated carbocycles. The Balaban J connectivity index is 1.47. The van der Waals surface area contributed by atoms with E-state index in [0.717, 1.165) is 17.1 Å². The number of hydrogen-bond acceptors (Lipinski definition) is 6. The topological polar surface area (TPSA) is 128 Å². The number of ether oxygens (including phenoxy) is 1. The zero-order valence-corrected chi connectivity index (χ0v) is 17.8. The van der Waals surface area contributed by atoms with E-state index in [4.69, 9.17) is 9.84 Å². The molecule has 2 N–H and O–H groups in total. The molecule has 0 atom stereocenters. The van der Waals surface area contributed by atoms with Gasteiger partial charge in [0.1, 0.15) is 11.3 Å². The maximum atomic E-state index is 13.0. The lowest BCUT2D eigenvalue weighted by atomic mass is 10.1. The molecule has 4 aromatic rings. The van der Waals surface area contributed by atoms with Crippen molar-refractivity contribution < 1.29 is 41.0 Å². The van der Waals surface area contributed by atoms with Crippen LogP contribution in [-0.4, -0.2) is 47.2 Å². The third-order valence-electron chi connectivity index (χ3n) is 4.88. The van der Waals surface area contributed by atoms with E-state index in [1.165, 1.54) is 10.9 Å². The van der Waals surface area contributed by atoms with Gasteiger partial charge in [0.2, 0.25) is 5.95 Å². The van der Waals surface area contributed by atoms with E-state index in [-0.39, 0.29) is 48.2 Å². The Morgan fingerprint density at radius 2 is 1.69 bits per heavy atom. The van der Waals surface area contributed by atoms with Gasteiger partial charge in [-0.3, -0.25) is 14.5 Å². The minimum absolute atomic E-state index is 0.00198. The number of H-pyrrole nitrogens is 1. The molecule has 16 heteroatoms. The Morgan fingerprint density at radius 3 is 2.28 bits per heavy atom. The van der Waals surface area contributed by atoms with Crippen molar-refractivity contribution in [2.75, 3.05) is 6.61 Å². The van der Waals surface area contributed by atoms with Gasteiger partial charge in [0, 0.05) is 19.2 Å². The molecule has 190 valence electrons. The van der Waals surface area contributed by atoms with Crippen molar-refractivity contribution in [1.82, 2.24) is 29.5 Å². The Hall–Kier alpha value is -4.37. The van der Waals surface area contributed by atoms with Crippen LogP contribution in [0.2, 0.25) is 0 Å². The molecule has 0 aliphatic heterocycles. The van der Waals surface area contributed by atoms with Crippen molar-refractivity contribution in [1.29, 1.82) is 0 Å². The third kappa shape index (κ3) is 5.16. The normalized spacial score (nSPS) is 12.3. The second kappa shape index (κ2) is 9.01. The molecule has 3 heterocycles. The average molecular weight is 516 g/mol. The van der Waals surface area contributed by atoms with Crippen LogP contribution in [0.3, 0.4) is 0 Å². The number of nitrogens with one attached hydrogen (secondary N) is 1. The number of alkyl halides is 6. The Kier molecular flexibility index (Phi) is 6.19. The van der Waals surface area contributed by atoms with Crippen molar-refractivity contribution in [2.24, 2.45) is 0 Å². The monoisotopic (exact) mass is 516 g/mol. The molecule has 0 aliphatic carbocycles. The number of nitrogens with zero attached hydrogens (tertiary/aromatic N) is 5. The predicted octanol–water partition coefficient (Wildman–Crippen LogP) is 3.51. The van der Waals surface area contributed by atoms with Gasteiger partial charge in [0.25, 0.3) is 5.56 Å². The van der Waals surface area contributed by atoms with Crippen LogP contribution >= 0.6 is 0 Å². The van der Waals surface area contributed by atoms with Gasteiger partial charge in [-0.05, 0) is 18.2 Å². The second-order valence-corrected chi connectivity index (χ2v) is 7.41. The van der Waals surface area contributed by atoms with Crippen molar-refractivity contribution in [3.8, 4) is 11.7 Å². The van der Waals surface area contributed by atoms with E-state index < -0.39 is 40.8 Å². The zero-order chi connectivity index (χ0) is 26.3. The molecule has 0 bridgehead atoms. The van der Waals surface area contributed by atoms with Crippen molar-refractivity contribution in [3.05, 3.63) is 63.8 Å². The van der Waals surface area contributed by atoms with E-state index in [2.05, 4.69) is 20.2 Å². The first kappa shape index (κ1) is 24.7. The molecule has 1 aromatic carbocycles. The molecular weight excluding hydrogens is 502 g/mol. The van der Waals surface area contributed by atoms with E-state index >= 15 is 0 Å². The van der Waals surface area contributed by atoms with Gasteiger partial charge in [-0.1, -0.05) is 0 Å². The van der Waals surface area contributed by atoms with Gasteiger partial charge in [-0.25, -0.2) is 14.5 Å². The fourth-order valence-corrected chi connectivity index (χ4v) is 3.23. The molecule has 0 amide bonds. The van der Waals surface area contributed by atoms with E-state index in [1.807, 2.05) is 0 Å². The summed E-state index contributed by atoms with van der Waals surface area (Å²) in [5.41, 5.74) is -3.56. The summed E-state index contributed by atoms with van der Waals surface area (Å²) in [6, 6.07) is 0.946. The summed E-state index contributed by atoms with van der Waals surface area (Å²) in [5, 5.41) is 16.8. The number of carbonyl (C=O) groups is 1.